The molecule has 2 aromatic rings. The molecule has 22 heavy (non-hydrogen) atoms. The second kappa shape index (κ2) is 6.27. The van der Waals surface area contributed by atoms with Crippen LogP contribution in [0.4, 0.5) is 5.69 Å². The van der Waals surface area contributed by atoms with Gasteiger partial charge in [0, 0.05) is 30.6 Å². The monoisotopic (exact) mass is 301 g/mol. The molecule has 1 aromatic carbocycles. The predicted octanol–water partition coefficient (Wildman–Crippen LogP) is 3.48. The third-order valence-corrected chi connectivity index (χ3v) is 4.02. The summed E-state index contributed by atoms with van der Waals surface area (Å²) in [5.41, 5.74) is 1.86. The first-order chi connectivity index (χ1) is 10.7. The minimum atomic E-state index is -0.325. The molecule has 1 fully saturated rings. The van der Waals surface area contributed by atoms with E-state index in [1.807, 2.05) is 19.1 Å². The third-order valence-electron chi connectivity index (χ3n) is 4.02. The Morgan fingerprint density at radius 2 is 2.14 bits per heavy atom. The molecule has 0 spiro atoms. The van der Waals surface area contributed by atoms with Crippen molar-refractivity contribution in [2.75, 3.05) is 6.54 Å². The molecule has 1 saturated carbocycles. The van der Waals surface area contributed by atoms with Crippen LogP contribution in [0.1, 0.15) is 42.7 Å². The van der Waals surface area contributed by atoms with E-state index >= 15 is 0 Å². The molecule has 1 aliphatic carbocycles. The third kappa shape index (κ3) is 3.17. The molecular formula is C16H19N3O3. The molecule has 0 unspecified atom stereocenters. The molecule has 0 radical (unpaired) electrons. The van der Waals surface area contributed by atoms with E-state index < -0.39 is 0 Å². The lowest BCUT2D eigenvalue weighted by Crippen LogP contribution is -2.23. The van der Waals surface area contributed by atoms with E-state index in [2.05, 4.69) is 9.88 Å². The number of hydrogen-bond acceptors (Lipinski definition) is 5. The van der Waals surface area contributed by atoms with Gasteiger partial charge >= 0.3 is 0 Å². The zero-order chi connectivity index (χ0) is 15.5. The van der Waals surface area contributed by atoms with Crippen molar-refractivity contribution in [2.24, 2.45) is 0 Å². The number of rotatable bonds is 7. The van der Waals surface area contributed by atoms with Gasteiger partial charge in [-0.2, -0.15) is 0 Å². The molecule has 3 rings (SSSR count). The minimum Gasteiger partial charge on any atom is -0.448 e. The van der Waals surface area contributed by atoms with E-state index in [1.54, 1.807) is 12.1 Å². The van der Waals surface area contributed by atoms with Gasteiger partial charge < -0.3 is 4.42 Å². The van der Waals surface area contributed by atoms with Crippen molar-refractivity contribution in [3.8, 4) is 0 Å². The second-order valence-electron chi connectivity index (χ2n) is 5.63. The summed E-state index contributed by atoms with van der Waals surface area (Å²) in [6, 6.07) is 6.89. The maximum absolute atomic E-state index is 11.1. The van der Waals surface area contributed by atoms with Gasteiger partial charge in [-0.05, 0) is 19.4 Å². The molecule has 0 N–H and O–H groups in total. The van der Waals surface area contributed by atoms with Gasteiger partial charge in [-0.25, -0.2) is 4.98 Å². The van der Waals surface area contributed by atoms with E-state index in [0.29, 0.717) is 19.0 Å². The van der Waals surface area contributed by atoms with Crippen molar-refractivity contribution in [2.45, 2.75) is 38.8 Å². The first kappa shape index (κ1) is 14.7. The zero-order valence-electron chi connectivity index (χ0n) is 12.6. The summed E-state index contributed by atoms with van der Waals surface area (Å²) in [6.07, 6.45) is 3.83. The molecule has 1 aromatic heterocycles. The predicted molar refractivity (Wildman–Crippen MR) is 81.4 cm³/mol. The fourth-order valence-corrected chi connectivity index (χ4v) is 2.63. The van der Waals surface area contributed by atoms with Crippen molar-refractivity contribution in [3.63, 3.8) is 0 Å². The number of aromatic nitrogens is 1. The number of para-hydroxylation sites is 1. The maximum Gasteiger partial charge on any atom is 0.273 e. The average molecular weight is 301 g/mol. The molecular weight excluding hydrogens is 282 g/mol. The van der Waals surface area contributed by atoms with Crippen molar-refractivity contribution < 1.29 is 9.34 Å². The van der Waals surface area contributed by atoms with Gasteiger partial charge in [0.1, 0.15) is 5.76 Å². The van der Waals surface area contributed by atoms with Crippen LogP contribution in [0, 0.1) is 10.1 Å². The fraction of sp³-hybridized carbons (Fsp3) is 0.438. The molecule has 6 heteroatoms. The molecule has 0 aliphatic heterocycles. The molecule has 1 aliphatic rings. The molecule has 0 saturated heterocycles. The van der Waals surface area contributed by atoms with Gasteiger partial charge in [-0.1, -0.05) is 25.1 Å². The quantitative estimate of drug-likeness (QED) is 0.578. The molecule has 0 bridgehead atoms. The van der Waals surface area contributed by atoms with Crippen LogP contribution in [-0.2, 0) is 13.1 Å². The van der Waals surface area contributed by atoms with Gasteiger partial charge in [-0.3, -0.25) is 15.0 Å². The van der Waals surface area contributed by atoms with Gasteiger partial charge in [0.2, 0.25) is 0 Å². The van der Waals surface area contributed by atoms with Crippen LogP contribution in [0.2, 0.25) is 0 Å². The van der Waals surface area contributed by atoms with E-state index in [0.717, 1.165) is 23.6 Å². The highest BCUT2D eigenvalue weighted by Gasteiger charge is 2.30. The summed E-state index contributed by atoms with van der Waals surface area (Å²) < 4.78 is 5.50. The largest absolute Gasteiger partial charge is 0.448 e. The lowest BCUT2D eigenvalue weighted by atomic mass is 10.1. The van der Waals surface area contributed by atoms with Crippen LogP contribution in [0.25, 0.3) is 0 Å². The molecule has 1 heterocycles. The maximum atomic E-state index is 11.1. The Morgan fingerprint density at radius 1 is 1.36 bits per heavy atom. The van der Waals surface area contributed by atoms with E-state index in [4.69, 9.17) is 4.42 Å². The first-order valence-corrected chi connectivity index (χ1v) is 7.56. The number of oxazole rings is 1. The Morgan fingerprint density at radius 3 is 2.82 bits per heavy atom. The van der Waals surface area contributed by atoms with Crippen LogP contribution < -0.4 is 0 Å². The van der Waals surface area contributed by atoms with Gasteiger partial charge in [0.15, 0.2) is 6.39 Å². The van der Waals surface area contributed by atoms with Gasteiger partial charge in [-0.15, -0.1) is 0 Å². The summed E-state index contributed by atoms with van der Waals surface area (Å²) in [7, 11) is 0. The lowest BCUT2D eigenvalue weighted by molar-refractivity contribution is -0.385. The number of nitrogens with zero attached hydrogens (tertiary/aromatic N) is 3. The van der Waals surface area contributed by atoms with Crippen molar-refractivity contribution >= 4 is 5.69 Å². The van der Waals surface area contributed by atoms with Gasteiger partial charge in [0.05, 0.1) is 10.6 Å². The molecule has 116 valence electrons. The summed E-state index contributed by atoms with van der Waals surface area (Å²) in [6.45, 7) is 4.03. The Labute approximate surface area is 128 Å². The summed E-state index contributed by atoms with van der Waals surface area (Å²) in [5.74, 6) is 1.50. The normalized spacial score (nSPS) is 14.5. The first-order valence-electron chi connectivity index (χ1n) is 7.56. The van der Waals surface area contributed by atoms with Crippen LogP contribution >= 0.6 is 0 Å². The topological polar surface area (TPSA) is 72.4 Å². The molecule has 0 amide bonds. The van der Waals surface area contributed by atoms with Crippen LogP contribution in [-0.4, -0.2) is 21.4 Å². The minimum absolute atomic E-state index is 0.170. The average Bonchev–Trinajstić information content (AvgIpc) is 3.26. The van der Waals surface area contributed by atoms with E-state index in [-0.39, 0.29) is 10.6 Å². The summed E-state index contributed by atoms with van der Waals surface area (Å²) in [4.78, 5) is 17.3. The highest BCUT2D eigenvalue weighted by Crippen LogP contribution is 2.41. The number of hydrogen-bond donors (Lipinski definition) is 0. The highest BCUT2D eigenvalue weighted by molar-refractivity contribution is 5.39. The number of nitro groups is 1. The Balaban J connectivity index is 1.75. The standard InChI is InChI=1S/C16H19N3O3/c1-2-18(9-13-5-3-4-6-15(13)19(20)21)10-14-16(12-7-8-12)22-11-17-14/h3-6,11-12H,2,7-10H2,1H3. The van der Waals surface area contributed by atoms with E-state index in [1.165, 1.54) is 19.2 Å². The van der Waals surface area contributed by atoms with Crippen molar-refractivity contribution in [1.82, 2.24) is 9.88 Å². The SMILES string of the molecule is CCN(Cc1ccccc1[N+](=O)[O-])Cc1ncoc1C1CC1. The number of benzene rings is 1. The molecule has 0 atom stereocenters. The molecule has 6 nitrogen and oxygen atoms in total. The smallest absolute Gasteiger partial charge is 0.273 e. The Hall–Kier alpha value is -2.21. The van der Waals surface area contributed by atoms with Crippen molar-refractivity contribution in [1.29, 1.82) is 0 Å². The number of nitro benzene ring substituents is 1. The van der Waals surface area contributed by atoms with Crippen LogP contribution in [0.5, 0.6) is 0 Å². The van der Waals surface area contributed by atoms with Gasteiger partial charge in [0.25, 0.3) is 5.69 Å². The van der Waals surface area contributed by atoms with Crippen LogP contribution in [0.3, 0.4) is 0 Å². The zero-order valence-corrected chi connectivity index (χ0v) is 12.6. The second-order valence-corrected chi connectivity index (χ2v) is 5.63. The summed E-state index contributed by atoms with van der Waals surface area (Å²) in [5, 5.41) is 11.1. The summed E-state index contributed by atoms with van der Waals surface area (Å²) >= 11 is 0. The highest BCUT2D eigenvalue weighted by atomic mass is 16.6. The fourth-order valence-electron chi connectivity index (χ4n) is 2.63. The Kier molecular flexibility index (Phi) is 4.20. The van der Waals surface area contributed by atoms with Crippen molar-refractivity contribution in [3.05, 3.63) is 57.8 Å². The van der Waals surface area contributed by atoms with E-state index in [9.17, 15) is 10.1 Å². The Bertz CT molecular complexity index is 664. The lowest BCUT2D eigenvalue weighted by Gasteiger charge is -2.19. The van der Waals surface area contributed by atoms with Crippen LogP contribution in [0.15, 0.2) is 35.1 Å².